The topological polar surface area (TPSA) is 36.9 Å². The normalized spacial score (nSPS) is 11.0. The largest absolute Gasteiger partial charge is 0.491 e. The van der Waals surface area contributed by atoms with Gasteiger partial charge in [-0.1, -0.05) is 78.9 Å². The maximum absolute atomic E-state index is 6.32. The van der Waals surface area contributed by atoms with E-state index in [-0.39, 0.29) is 0 Å². The van der Waals surface area contributed by atoms with Crippen LogP contribution in [0.3, 0.4) is 0 Å². The predicted octanol–water partition coefficient (Wildman–Crippen LogP) is 5.46. The summed E-state index contributed by atoms with van der Waals surface area (Å²) < 4.78 is 23.2. The third-order valence-electron chi connectivity index (χ3n) is 4.71. The molecule has 0 amide bonds. The molecule has 163 valence electrons. The Hall–Kier alpha value is -2.66. The van der Waals surface area contributed by atoms with Gasteiger partial charge in [0.25, 0.3) is 0 Å². The molecule has 1 radical (unpaired) electrons. The van der Waals surface area contributed by atoms with Crippen molar-refractivity contribution in [1.82, 2.24) is 0 Å². The van der Waals surface area contributed by atoms with Gasteiger partial charge in [-0.25, -0.2) is 0 Å². The average molecular weight is 420 g/mol. The van der Waals surface area contributed by atoms with E-state index in [1.807, 2.05) is 61.5 Å². The lowest BCUT2D eigenvalue weighted by Crippen LogP contribution is -2.14. The molecule has 4 nitrogen and oxygen atoms in total. The first kappa shape index (κ1) is 23.0. The Morgan fingerprint density at radius 3 is 2.00 bits per heavy atom. The molecule has 4 heteroatoms. The van der Waals surface area contributed by atoms with Crippen molar-refractivity contribution in [2.45, 2.75) is 20.0 Å². The van der Waals surface area contributed by atoms with Crippen LogP contribution in [0.1, 0.15) is 23.6 Å². The van der Waals surface area contributed by atoms with Gasteiger partial charge in [0.1, 0.15) is 18.5 Å². The van der Waals surface area contributed by atoms with Gasteiger partial charge in [0, 0.05) is 18.6 Å². The highest BCUT2D eigenvalue weighted by atomic mass is 16.5. The lowest BCUT2D eigenvalue weighted by Gasteiger charge is -2.21. The maximum Gasteiger partial charge on any atom is 0.135 e. The van der Waals surface area contributed by atoms with E-state index in [9.17, 15) is 0 Å². The molecule has 31 heavy (non-hydrogen) atoms. The predicted molar refractivity (Wildman–Crippen MR) is 123 cm³/mol. The summed E-state index contributed by atoms with van der Waals surface area (Å²) in [6.45, 7) is 5.36. The van der Waals surface area contributed by atoms with Crippen LogP contribution in [0.15, 0.2) is 84.9 Å². The number of hydrogen-bond donors (Lipinski definition) is 0. The lowest BCUT2D eigenvalue weighted by atomic mass is 10.00. The summed E-state index contributed by atoms with van der Waals surface area (Å²) >= 11 is 0. The third-order valence-corrected chi connectivity index (χ3v) is 4.71. The van der Waals surface area contributed by atoms with Crippen molar-refractivity contribution in [1.29, 1.82) is 0 Å². The van der Waals surface area contributed by atoms with Gasteiger partial charge in [-0.3, -0.25) is 0 Å². The van der Waals surface area contributed by atoms with E-state index >= 15 is 0 Å². The summed E-state index contributed by atoms with van der Waals surface area (Å²) in [7, 11) is 0. The van der Waals surface area contributed by atoms with Gasteiger partial charge < -0.3 is 18.9 Å². The molecule has 0 saturated heterocycles. The van der Waals surface area contributed by atoms with Gasteiger partial charge in [-0.15, -0.1) is 0 Å². The van der Waals surface area contributed by atoms with Crippen molar-refractivity contribution in [2.24, 2.45) is 0 Å². The number of rotatable bonds is 14. The zero-order valence-electron chi connectivity index (χ0n) is 18.2. The molecule has 0 atom stereocenters. The van der Waals surface area contributed by atoms with Crippen molar-refractivity contribution >= 4 is 0 Å². The van der Waals surface area contributed by atoms with Gasteiger partial charge >= 0.3 is 0 Å². The van der Waals surface area contributed by atoms with Gasteiger partial charge in [-0.05, 0) is 24.1 Å². The molecule has 0 heterocycles. The Balaban J connectivity index is 1.66. The molecule has 0 saturated carbocycles. The van der Waals surface area contributed by atoms with Crippen molar-refractivity contribution in [3.63, 3.8) is 0 Å². The molecule has 0 N–H and O–H groups in total. The molecular weight excluding hydrogens is 388 g/mol. The van der Waals surface area contributed by atoms with Gasteiger partial charge in [0.05, 0.1) is 26.4 Å². The molecule has 0 aliphatic rings. The van der Waals surface area contributed by atoms with Crippen LogP contribution in [0.2, 0.25) is 0 Å². The fourth-order valence-corrected chi connectivity index (χ4v) is 3.15. The van der Waals surface area contributed by atoms with E-state index in [0.29, 0.717) is 46.1 Å². The molecule has 3 aromatic rings. The van der Waals surface area contributed by atoms with Crippen LogP contribution in [0.5, 0.6) is 5.75 Å². The Labute approximate surface area is 185 Å². The fourth-order valence-electron chi connectivity index (χ4n) is 3.15. The molecule has 3 aromatic carbocycles. The summed E-state index contributed by atoms with van der Waals surface area (Å²) in [4.78, 5) is 0. The van der Waals surface area contributed by atoms with E-state index in [2.05, 4.69) is 30.3 Å². The van der Waals surface area contributed by atoms with E-state index in [1.165, 1.54) is 5.56 Å². The van der Waals surface area contributed by atoms with Crippen LogP contribution >= 0.6 is 0 Å². The van der Waals surface area contributed by atoms with Crippen molar-refractivity contribution in [3.8, 4) is 5.75 Å². The first-order valence-corrected chi connectivity index (χ1v) is 10.8. The molecule has 0 fully saturated rings. The molecule has 0 aliphatic carbocycles. The minimum atomic E-state index is 0.473. The molecule has 0 spiro atoms. The molecule has 0 aliphatic heterocycles. The molecule has 3 rings (SSSR count). The van der Waals surface area contributed by atoms with Crippen molar-refractivity contribution < 1.29 is 18.9 Å². The van der Waals surface area contributed by atoms with E-state index in [4.69, 9.17) is 18.9 Å². The second-order valence-corrected chi connectivity index (χ2v) is 7.01. The van der Waals surface area contributed by atoms with Crippen molar-refractivity contribution in [2.75, 3.05) is 33.0 Å². The Bertz CT molecular complexity index is 851. The summed E-state index contributed by atoms with van der Waals surface area (Å²) in [6, 6.07) is 28.6. The molecular formula is C27H31O4. The summed E-state index contributed by atoms with van der Waals surface area (Å²) in [5, 5.41) is 0. The Kier molecular flexibility index (Phi) is 10.1. The van der Waals surface area contributed by atoms with Crippen LogP contribution < -0.4 is 4.74 Å². The second kappa shape index (κ2) is 13.6. The van der Waals surface area contributed by atoms with Gasteiger partial charge in [0.2, 0.25) is 0 Å². The lowest BCUT2D eigenvalue weighted by molar-refractivity contribution is 0.0401. The smallest absolute Gasteiger partial charge is 0.135 e. The highest BCUT2D eigenvalue weighted by Gasteiger charge is 2.19. The zero-order valence-corrected chi connectivity index (χ0v) is 18.2. The Morgan fingerprint density at radius 2 is 1.26 bits per heavy atom. The highest BCUT2D eigenvalue weighted by molar-refractivity contribution is 5.43. The third kappa shape index (κ3) is 8.18. The maximum atomic E-state index is 6.32. The first-order valence-electron chi connectivity index (χ1n) is 10.8. The minimum absolute atomic E-state index is 0.473. The monoisotopic (exact) mass is 419 g/mol. The number of para-hydroxylation sites is 1. The van der Waals surface area contributed by atoms with Crippen LogP contribution in [0, 0.1) is 6.10 Å². The zero-order chi connectivity index (χ0) is 21.6. The molecule has 0 aromatic heterocycles. The second-order valence-electron chi connectivity index (χ2n) is 7.01. The number of hydrogen-bond acceptors (Lipinski definition) is 4. The Morgan fingerprint density at radius 1 is 0.645 bits per heavy atom. The minimum Gasteiger partial charge on any atom is -0.491 e. The van der Waals surface area contributed by atoms with Gasteiger partial charge in [0.15, 0.2) is 0 Å². The SMILES string of the molecule is CCOCCOCCOc1ccccc1[C](Cc1ccccc1)OCc1ccccc1. The summed E-state index contributed by atoms with van der Waals surface area (Å²) in [5.41, 5.74) is 3.30. The van der Waals surface area contributed by atoms with Crippen molar-refractivity contribution in [3.05, 3.63) is 108 Å². The van der Waals surface area contributed by atoms with Crippen LogP contribution in [-0.4, -0.2) is 33.0 Å². The number of benzene rings is 3. The van der Waals surface area contributed by atoms with E-state index in [0.717, 1.165) is 23.0 Å². The van der Waals surface area contributed by atoms with Gasteiger partial charge in [-0.2, -0.15) is 0 Å². The first-order chi connectivity index (χ1) is 15.4. The van der Waals surface area contributed by atoms with E-state index in [1.54, 1.807) is 0 Å². The summed E-state index contributed by atoms with van der Waals surface area (Å²) in [6.07, 6.45) is 1.58. The van der Waals surface area contributed by atoms with E-state index < -0.39 is 0 Å². The fraction of sp³-hybridized carbons (Fsp3) is 0.296. The number of ether oxygens (including phenoxy) is 4. The van der Waals surface area contributed by atoms with Crippen LogP contribution in [-0.2, 0) is 27.2 Å². The molecule has 0 unspecified atom stereocenters. The quantitative estimate of drug-likeness (QED) is 0.325. The average Bonchev–Trinajstić information content (AvgIpc) is 2.83. The summed E-state index contributed by atoms with van der Waals surface area (Å²) in [5.74, 6) is 0.801. The van der Waals surface area contributed by atoms with Crippen LogP contribution in [0.4, 0.5) is 0 Å². The standard InChI is InChI=1S/C27H31O4/c1-2-28-17-18-29-19-20-30-26-16-10-9-15-25(26)27(21-23-11-5-3-6-12-23)31-22-24-13-7-4-8-14-24/h3-16H,2,17-22H2,1H3. The molecule has 0 bridgehead atoms. The highest BCUT2D eigenvalue weighted by Crippen LogP contribution is 2.30. The van der Waals surface area contributed by atoms with Crippen LogP contribution in [0.25, 0.3) is 0 Å².